The zero-order valence-corrected chi connectivity index (χ0v) is 13.0. The van der Waals surface area contributed by atoms with Crippen molar-refractivity contribution >= 4 is 40.9 Å². The summed E-state index contributed by atoms with van der Waals surface area (Å²) in [4.78, 5) is 22.9. The molecule has 2 amide bonds. The van der Waals surface area contributed by atoms with Crippen molar-refractivity contribution in [3.05, 3.63) is 64.9 Å². The summed E-state index contributed by atoms with van der Waals surface area (Å²) in [7, 11) is 0. The number of rotatable bonds is 4. The SMILES string of the molecule is CC(=O)Nc1cccc(NC(=O)/C=C/c2ccc(F)c(Cl)c2)c1. The Labute approximate surface area is 138 Å². The Bertz CT molecular complexity index is 775. The summed E-state index contributed by atoms with van der Waals surface area (Å²) in [5.74, 6) is -1.06. The topological polar surface area (TPSA) is 58.2 Å². The fourth-order valence-electron chi connectivity index (χ4n) is 1.85. The number of carbonyl (C=O) groups excluding carboxylic acids is 2. The van der Waals surface area contributed by atoms with Crippen LogP contribution in [0.1, 0.15) is 12.5 Å². The summed E-state index contributed by atoms with van der Waals surface area (Å²) in [5.41, 5.74) is 1.74. The third-order valence-corrected chi connectivity index (χ3v) is 3.11. The van der Waals surface area contributed by atoms with Crippen molar-refractivity contribution in [1.82, 2.24) is 0 Å². The molecule has 0 spiro atoms. The molecule has 0 atom stereocenters. The molecule has 0 saturated carbocycles. The fourth-order valence-corrected chi connectivity index (χ4v) is 2.04. The minimum Gasteiger partial charge on any atom is -0.326 e. The van der Waals surface area contributed by atoms with E-state index >= 15 is 0 Å². The lowest BCUT2D eigenvalue weighted by Gasteiger charge is -2.06. The van der Waals surface area contributed by atoms with E-state index in [1.807, 2.05) is 0 Å². The highest BCUT2D eigenvalue weighted by Gasteiger charge is 2.02. The second-order valence-corrected chi connectivity index (χ2v) is 5.17. The highest BCUT2D eigenvalue weighted by atomic mass is 35.5. The van der Waals surface area contributed by atoms with E-state index in [0.29, 0.717) is 16.9 Å². The number of carbonyl (C=O) groups is 2. The van der Waals surface area contributed by atoms with Crippen molar-refractivity contribution in [2.75, 3.05) is 10.6 Å². The Balaban J connectivity index is 2.02. The molecule has 2 aromatic carbocycles. The Hall–Kier alpha value is -2.66. The standard InChI is InChI=1S/C17H14ClFN2O2/c1-11(22)20-13-3-2-4-14(10-13)21-17(23)8-6-12-5-7-16(19)15(18)9-12/h2-10H,1H3,(H,20,22)(H,21,23)/b8-6+. The second-order valence-electron chi connectivity index (χ2n) is 4.76. The lowest BCUT2D eigenvalue weighted by molar-refractivity contribution is -0.114. The molecule has 0 fully saturated rings. The van der Waals surface area contributed by atoms with Crippen LogP contribution in [0.15, 0.2) is 48.5 Å². The first kappa shape index (κ1) is 16.7. The maximum atomic E-state index is 13.0. The Kier molecular flexibility index (Phi) is 5.49. The Morgan fingerprint density at radius 2 is 1.78 bits per heavy atom. The van der Waals surface area contributed by atoms with E-state index in [4.69, 9.17) is 11.6 Å². The number of benzene rings is 2. The maximum absolute atomic E-state index is 13.0. The van der Waals surface area contributed by atoms with Crippen molar-refractivity contribution < 1.29 is 14.0 Å². The number of halogens is 2. The molecule has 23 heavy (non-hydrogen) atoms. The zero-order chi connectivity index (χ0) is 16.8. The largest absolute Gasteiger partial charge is 0.326 e. The van der Waals surface area contributed by atoms with Crippen molar-refractivity contribution in [3.8, 4) is 0 Å². The van der Waals surface area contributed by atoms with Gasteiger partial charge in [0.25, 0.3) is 0 Å². The Morgan fingerprint density at radius 3 is 2.43 bits per heavy atom. The molecule has 0 unspecified atom stereocenters. The van der Waals surface area contributed by atoms with E-state index in [0.717, 1.165) is 0 Å². The van der Waals surface area contributed by atoms with Crippen molar-refractivity contribution in [3.63, 3.8) is 0 Å². The lowest BCUT2D eigenvalue weighted by Crippen LogP contribution is -2.09. The van der Waals surface area contributed by atoms with Gasteiger partial charge in [-0.15, -0.1) is 0 Å². The average molecular weight is 333 g/mol. The minimum atomic E-state index is -0.511. The molecule has 2 aromatic rings. The molecule has 4 nitrogen and oxygen atoms in total. The maximum Gasteiger partial charge on any atom is 0.248 e. The predicted octanol–water partition coefficient (Wildman–Crippen LogP) is 4.09. The number of anilines is 2. The van der Waals surface area contributed by atoms with E-state index in [1.54, 1.807) is 24.3 Å². The molecular formula is C17H14ClFN2O2. The van der Waals surface area contributed by atoms with Gasteiger partial charge in [-0.2, -0.15) is 0 Å². The van der Waals surface area contributed by atoms with Gasteiger partial charge < -0.3 is 10.6 Å². The van der Waals surface area contributed by atoms with Crippen molar-refractivity contribution in [2.45, 2.75) is 6.92 Å². The van der Waals surface area contributed by atoms with Gasteiger partial charge in [-0.05, 0) is 42.0 Å². The monoisotopic (exact) mass is 332 g/mol. The quantitative estimate of drug-likeness (QED) is 0.828. The summed E-state index contributed by atoms with van der Waals surface area (Å²) >= 11 is 5.67. The van der Waals surface area contributed by atoms with Crippen LogP contribution >= 0.6 is 11.6 Å². The van der Waals surface area contributed by atoms with Crippen molar-refractivity contribution in [1.29, 1.82) is 0 Å². The fraction of sp³-hybridized carbons (Fsp3) is 0.0588. The summed E-state index contributed by atoms with van der Waals surface area (Å²) in [6.07, 6.45) is 2.84. The number of hydrogen-bond acceptors (Lipinski definition) is 2. The van der Waals surface area contributed by atoms with Gasteiger partial charge in [-0.25, -0.2) is 4.39 Å². The summed E-state index contributed by atoms with van der Waals surface area (Å²) in [5, 5.41) is 5.29. The zero-order valence-electron chi connectivity index (χ0n) is 12.3. The molecule has 2 N–H and O–H groups in total. The van der Waals surface area contributed by atoms with E-state index in [-0.39, 0.29) is 16.8 Å². The molecule has 6 heteroatoms. The first-order valence-corrected chi connectivity index (χ1v) is 7.13. The molecule has 2 rings (SSSR count). The molecule has 118 valence electrons. The predicted molar refractivity (Wildman–Crippen MR) is 89.8 cm³/mol. The van der Waals surface area contributed by atoms with Crippen LogP contribution in [0.5, 0.6) is 0 Å². The first-order valence-electron chi connectivity index (χ1n) is 6.76. The van der Waals surface area contributed by atoms with Gasteiger partial charge in [0.2, 0.25) is 11.8 Å². The molecule has 0 aliphatic rings. The van der Waals surface area contributed by atoms with E-state index in [1.165, 1.54) is 37.3 Å². The third kappa shape index (κ3) is 5.23. The van der Waals surface area contributed by atoms with Gasteiger partial charge in [-0.1, -0.05) is 23.7 Å². The molecule has 0 bridgehead atoms. The first-order chi connectivity index (χ1) is 10.9. The minimum absolute atomic E-state index is 0.00411. The summed E-state index contributed by atoms with van der Waals surface area (Å²) in [6.45, 7) is 1.40. The smallest absolute Gasteiger partial charge is 0.248 e. The van der Waals surface area contributed by atoms with E-state index < -0.39 is 5.82 Å². The number of amides is 2. The van der Waals surface area contributed by atoms with Crippen LogP contribution in [-0.2, 0) is 9.59 Å². The van der Waals surface area contributed by atoms with Gasteiger partial charge in [0, 0.05) is 24.4 Å². The highest BCUT2D eigenvalue weighted by Crippen LogP contribution is 2.17. The van der Waals surface area contributed by atoms with Crippen LogP contribution in [0.2, 0.25) is 5.02 Å². The van der Waals surface area contributed by atoms with Crippen LogP contribution in [0, 0.1) is 5.82 Å². The van der Waals surface area contributed by atoms with Crippen LogP contribution < -0.4 is 10.6 Å². The molecule has 0 saturated heterocycles. The molecule has 0 radical (unpaired) electrons. The summed E-state index contributed by atoms with van der Waals surface area (Å²) < 4.78 is 13.0. The van der Waals surface area contributed by atoms with E-state index in [9.17, 15) is 14.0 Å². The molecule has 0 aromatic heterocycles. The number of nitrogens with one attached hydrogen (secondary N) is 2. The van der Waals surface area contributed by atoms with Gasteiger partial charge >= 0.3 is 0 Å². The van der Waals surface area contributed by atoms with Crippen LogP contribution in [0.4, 0.5) is 15.8 Å². The normalized spacial score (nSPS) is 10.6. The average Bonchev–Trinajstić information content (AvgIpc) is 2.48. The van der Waals surface area contributed by atoms with Crippen LogP contribution in [-0.4, -0.2) is 11.8 Å². The van der Waals surface area contributed by atoms with Crippen molar-refractivity contribution in [2.24, 2.45) is 0 Å². The Morgan fingerprint density at radius 1 is 1.09 bits per heavy atom. The second kappa shape index (κ2) is 7.56. The van der Waals surface area contributed by atoms with E-state index in [2.05, 4.69) is 10.6 Å². The lowest BCUT2D eigenvalue weighted by atomic mass is 10.2. The van der Waals surface area contributed by atoms with Crippen LogP contribution in [0.25, 0.3) is 6.08 Å². The van der Waals surface area contributed by atoms with Crippen LogP contribution in [0.3, 0.4) is 0 Å². The molecular weight excluding hydrogens is 319 g/mol. The van der Waals surface area contributed by atoms with Gasteiger partial charge in [0.1, 0.15) is 5.82 Å². The highest BCUT2D eigenvalue weighted by molar-refractivity contribution is 6.30. The summed E-state index contributed by atoms with van der Waals surface area (Å²) in [6, 6.07) is 10.9. The number of hydrogen-bond donors (Lipinski definition) is 2. The molecule has 0 heterocycles. The third-order valence-electron chi connectivity index (χ3n) is 2.82. The van der Waals surface area contributed by atoms with Gasteiger partial charge in [0.05, 0.1) is 5.02 Å². The molecule has 0 aliphatic carbocycles. The van der Waals surface area contributed by atoms with Gasteiger partial charge in [-0.3, -0.25) is 9.59 Å². The van der Waals surface area contributed by atoms with Gasteiger partial charge in [0.15, 0.2) is 0 Å². The molecule has 0 aliphatic heterocycles.